The molecule has 0 aromatic heterocycles. The van der Waals surface area contributed by atoms with Crippen LogP contribution in [0.1, 0.15) is 161 Å². The van der Waals surface area contributed by atoms with Crippen molar-refractivity contribution in [3.8, 4) is 23.0 Å². The van der Waals surface area contributed by atoms with Crippen LogP contribution in [0, 0.1) is 30.6 Å². The SMILES string of the molecule is CCCCCCCCN(CCCCCCCC)/N=C/c1c2c(O)c3c(O)c(C)c4c(c3c1O)C(=O)[C@@](C)(O/C=C/[C@H](OC)[C@@H](C)[C@@H](OC(C)=O)[C@H](C)[C@H](O)[C@H](C)[C@@H](O)[C@@H](C)/C=C/C=C(\C)C(=O)N2)O4. The van der Waals surface area contributed by atoms with E-state index in [9.17, 15) is 39.9 Å². The van der Waals surface area contributed by atoms with Gasteiger partial charge in [-0.15, -0.1) is 0 Å². The number of rotatable bonds is 18. The first kappa shape index (κ1) is 56.5. The van der Waals surface area contributed by atoms with Gasteiger partial charge in [-0.25, -0.2) is 0 Å². The number of allylic oxidation sites excluding steroid dienone is 2. The minimum Gasteiger partial charge on any atom is -0.507 e. The number of hydrogen-bond donors (Lipinski definition) is 6. The summed E-state index contributed by atoms with van der Waals surface area (Å²) in [5.41, 5.74) is -0.259. The fourth-order valence-corrected chi connectivity index (χ4v) is 9.39. The van der Waals surface area contributed by atoms with E-state index >= 15 is 0 Å². The van der Waals surface area contributed by atoms with Crippen LogP contribution in [0.4, 0.5) is 5.69 Å². The largest absolute Gasteiger partial charge is 0.507 e. The molecule has 1 amide bonds. The molecule has 5 rings (SSSR count). The van der Waals surface area contributed by atoms with Crippen molar-refractivity contribution in [2.75, 3.05) is 25.5 Å². The lowest BCUT2D eigenvalue weighted by molar-refractivity contribution is -0.160. The van der Waals surface area contributed by atoms with Crippen LogP contribution in [0.3, 0.4) is 0 Å². The second-order valence-electron chi connectivity index (χ2n) is 19.4. The quantitative estimate of drug-likeness (QED) is 0.0205. The number of amides is 1. The van der Waals surface area contributed by atoms with E-state index in [1.807, 2.05) is 5.01 Å². The molecule has 3 aliphatic heterocycles. The van der Waals surface area contributed by atoms with Gasteiger partial charge in [-0.3, -0.25) is 19.4 Å². The Bertz CT molecular complexity index is 2190. The van der Waals surface area contributed by atoms with Gasteiger partial charge in [0.05, 0.1) is 53.0 Å². The van der Waals surface area contributed by atoms with E-state index in [0.29, 0.717) is 13.1 Å². The number of carbonyl (C=O) groups excluding carboxylic acids is 3. The minimum atomic E-state index is -2.05. The van der Waals surface area contributed by atoms with Crippen molar-refractivity contribution < 1.29 is 58.9 Å². The maximum atomic E-state index is 14.7. The standard InChI is InChI=1S/C54H81N3O12/c1-12-14-16-18-20-22-28-57(29-23-21-19-17-15-13-2)55-31-39-44-49(63)42-41(48(39)62)43-51(37(8)47(42)61)69-54(10,52(43)64)67-30-27-40(66-11)34(5)50(68-38(9)58)36(7)46(60)35(6)45(59)32(3)25-24-26-33(4)53(65)56-44/h24-27,30-32,34-36,40,45-46,50,59-63H,12-23,28-29H2,1-11H3,(H,56,65)/b25-24+,30-27+,33-26+,55-31+/t32-,34+,35+,36+,40-,45-,46+,50+,54-/m0/s1. The maximum Gasteiger partial charge on any atom is 0.312 e. The Labute approximate surface area is 409 Å². The number of Topliss-reactive ketones (excluding diaryl/α,β-unsaturated/α-hetero) is 1. The van der Waals surface area contributed by atoms with Crippen LogP contribution in [0.2, 0.25) is 0 Å². The van der Waals surface area contributed by atoms with Crippen molar-refractivity contribution in [2.45, 2.75) is 176 Å². The number of nitrogens with one attached hydrogen (secondary N) is 1. The van der Waals surface area contributed by atoms with Crippen LogP contribution >= 0.6 is 0 Å². The number of benzene rings is 2. The van der Waals surface area contributed by atoms with Crippen LogP contribution < -0.4 is 10.1 Å². The van der Waals surface area contributed by atoms with Crippen LogP contribution in [0.25, 0.3) is 10.8 Å². The molecule has 0 spiro atoms. The molecule has 384 valence electrons. The molecule has 0 fully saturated rings. The highest BCUT2D eigenvalue weighted by Gasteiger charge is 2.50. The van der Waals surface area contributed by atoms with Gasteiger partial charge >= 0.3 is 11.8 Å². The second-order valence-corrected chi connectivity index (χ2v) is 19.4. The number of ketones is 1. The molecule has 2 aromatic carbocycles. The number of ether oxygens (including phenoxy) is 4. The van der Waals surface area contributed by atoms with E-state index in [2.05, 4.69) is 19.2 Å². The molecule has 5 bridgehead atoms. The lowest BCUT2D eigenvalue weighted by Gasteiger charge is -2.38. The lowest BCUT2D eigenvalue weighted by Crippen LogP contribution is -2.46. The number of phenols is 3. The number of fused-ring (bicyclic) bond motifs is 14. The summed E-state index contributed by atoms with van der Waals surface area (Å²) in [5.74, 6) is -8.26. The number of anilines is 1. The fourth-order valence-electron chi connectivity index (χ4n) is 9.39. The molecule has 9 atom stereocenters. The zero-order valence-corrected chi connectivity index (χ0v) is 43.0. The summed E-state index contributed by atoms with van der Waals surface area (Å²) in [5, 5.41) is 68.5. The summed E-state index contributed by atoms with van der Waals surface area (Å²) >= 11 is 0. The van der Waals surface area contributed by atoms with E-state index in [4.69, 9.17) is 24.0 Å². The average Bonchev–Trinajstić information content (AvgIpc) is 3.58. The highest BCUT2D eigenvalue weighted by atomic mass is 16.7. The van der Waals surface area contributed by atoms with Gasteiger partial charge in [0.1, 0.15) is 23.4 Å². The van der Waals surface area contributed by atoms with E-state index in [1.54, 1.807) is 46.8 Å². The van der Waals surface area contributed by atoms with Crippen LogP contribution in [-0.4, -0.2) is 105 Å². The van der Waals surface area contributed by atoms with Crippen molar-refractivity contribution in [3.63, 3.8) is 0 Å². The van der Waals surface area contributed by atoms with E-state index in [0.717, 1.165) is 64.2 Å². The smallest absolute Gasteiger partial charge is 0.312 e. The number of aliphatic hydroxyl groups excluding tert-OH is 2. The van der Waals surface area contributed by atoms with E-state index in [-0.39, 0.29) is 44.5 Å². The molecular weight excluding hydrogens is 883 g/mol. The predicted molar refractivity (Wildman–Crippen MR) is 270 cm³/mol. The summed E-state index contributed by atoms with van der Waals surface area (Å²) in [7, 11) is 1.45. The first-order chi connectivity index (χ1) is 32.8. The third-order valence-corrected chi connectivity index (χ3v) is 13.9. The number of carbonyl (C=O) groups is 3. The topological polar surface area (TPSA) is 217 Å². The van der Waals surface area contributed by atoms with Crippen molar-refractivity contribution in [1.29, 1.82) is 0 Å². The Morgan fingerprint density at radius 1 is 0.826 bits per heavy atom. The molecule has 15 nitrogen and oxygen atoms in total. The van der Waals surface area contributed by atoms with E-state index < -0.39 is 88.8 Å². The van der Waals surface area contributed by atoms with Gasteiger partial charge in [0.25, 0.3) is 11.7 Å². The summed E-state index contributed by atoms with van der Waals surface area (Å²) in [4.78, 5) is 41.2. The van der Waals surface area contributed by atoms with Gasteiger partial charge in [0.15, 0.2) is 5.75 Å². The van der Waals surface area contributed by atoms with Crippen molar-refractivity contribution in [2.24, 2.45) is 28.8 Å². The van der Waals surface area contributed by atoms with Gasteiger partial charge in [0, 0.05) is 74.2 Å². The van der Waals surface area contributed by atoms with Gasteiger partial charge in [-0.05, 0) is 32.8 Å². The maximum absolute atomic E-state index is 14.7. The molecule has 69 heavy (non-hydrogen) atoms. The normalized spacial score (nSPS) is 27.5. The molecule has 0 saturated carbocycles. The average molecular weight is 964 g/mol. The first-order valence-electron chi connectivity index (χ1n) is 25.1. The van der Waals surface area contributed by atoms with Gasteiger partial charge in [0.2, 0.25) is 0 Å². The summed E-state index contributed by atoms with van der Waals surface area (Å²) < 4.78 is 23.9. The number of nitrogens with zero attached hydrogens (tertiary/aromatic N) is 2. The summed E-state index contributed by atoms with van der Waals surface area (Å²) in [6.07, 6.45) is 18.0. The Morgan fingerprint density at radius 2 is 1.42 bits per heavy atom. The molecule has 2 aromatic rings. The number of methoxy groups -OCH3 is 1. The Hall–Kier alpha value is -5.12. The first-order valence-corrected chi connectivity index (χ1v) is 25.1. The Balaban J connectivity index is 1.93. The number of aliphatic hydroxyl groups is 2. The highest BCUT2D eigenvalue weighted by Crippen LogP contribution is 2.55. The van der Waals surface area contributed by atoms with Gasteiger partial charge in [-0.2, -0.15) is 5.10 Å². The molecule has 6 N–H and O–H groups in total. The fraction of sp³-hybridized carbons (Fsp3) is 0.630. The molecule has 3 aliphatic rings. The van der Waals surface area contributed by atoms with Crippen LogP contribution in [-0.2, 0) is 23.8 Å². The third-order valence-electron chi connectivity index (χ3n) is 13.9. The number of esters is 1. The number of hydrazone groups is 1. The van der Waals surface area contributed by atoms with Gasteiger partial charge < -0.3 is 49.8 Å². The summed E-state index contributed by atoms with van der Waals surface area (Å²) in [6, 6.07) is 0. The second kappa shape index (κ2) is 26.2. The lowest BCUT2D eigenvalue weighted by atomic mass is 9.78. The number of hydrogen-bond acceptors (Lipinski definition) is 14. The molecule has 0 unspecified atom stereocenters. The van der Waals surface area contributed by atoms with Crippen molar-refractivity contribution in [3.05, 3.63) is 52.8 Å². The summed E-state index contributed by atoms with van der Waals surface area (Å²) in [6.45, 7) is 18.3. The van der Waals surface area contributed by atoms with Crippen LogP contribution in [0.15, 0.2) is 41.2 Å². The zero-order chi connectivity index (χ0) is 51.2. The van der Waals surface area contributed by atoms with E-state index in [1.165, 1.54) is 65.4 Å². The minimum absolute atomic E-state index is 0.0667. The third kappa shape index (κ3) is 13.8. The molecule has 0 saturated heterocycles. The molecule has 0 aliphatic carbocycles. The monoisotopic (exact) mass is 964 g/mol. The molecule has 3 heterocycles. The zero-order valence-electron chi connectivity index (χ0n) is 43.0. The number of unbranched alkanes of at least 4 members (excludes halogenated alkanes) is 10. The Morgan fingerprint density at radius 3 is 2.00 bits per heavy atom. The molecular formula is C54H81N3O12. The van der Waals surface area contributed by atoms with Crippen molar-refractivity contribution in [1.82, 2.24) is 5.01 Å². The van der Waals surface area contributed by atoms with Crippen LogP contribution in [0.5, 0.6) is 23.0 Å². The van der Waals surface area contributed by atoms with Gasteiger partial charge in [-0.1, -0.05) is 124 Å². The Kier molecular flexibility index (Phi) is 21.4. The van der Waals surface area contributed by atoms with Crippen molar-refractivity contribution >= 4 is 40.3 Å². The predicted octanol–water partition coefficient (Wildman–Crippen LogP) is 10.1. The molecule has 15 heteroatoms. The number of phenolic OH excluding ortho intramolecular Hbond substituents is 3. The number of aromatic hydroxyl groups is 3. The molecule has 0 radical (unpaired) electrons. The highest BCUT2D eigenvalue weighted by molar-refractivity contribution is 6.23.